The van der Waals surface area contributed by atoms with Crippen LogP contribution in [0.25, 0.3) is 10.9 Å². The number of carboxylic acid groups (broad SMARTS) is 1. The molecule has 1 aromatic heterocycles. The first-order valence-corrected chi connectivity index (χ1v) is 5.78. The number of hydrogen-bond donors (Lipinski definition) is 2. The van der Waals surface area contributed by atoms with Crippen LogP contribution in [0.2, 0.25) is 0 Å². The van der Waals surface area contributed by atoms with Crippen LogP contribution in [0.5, 0.6) is 0 Å². The van der Waals surface area contributed by atoms with Crippen molar-refractivity contribution in [2.24, 2.45) is 5.14 Å². The van der Waals surface area contributed by atoms with E-state index < -0.39 is 16.2 Å². The summed E-state index contributed by atoms with van der Waals surface area (Å²) in [4.78, 5) is 10.9. The number of nitrogens with two attached hydrogens (primary N) is 1. The van der Waals surface area contributed by atoms with Gasteiger partial charge in [0.25, 0.3) is 0 Å². The number of hydrogen-bond acceptors (Lipinski definition) is 3. The quantitative estimate of drug-likeness (QED) is 0.792. The van der Waals surface area contributed by atoms with Gasteiger partial charge in [0.1, 0.15) is 5.69 Å². The molecule has 0 aliphatic carbocycles. The van der Waals surface area contributed by atoms with Crippen molar-refractivity contribution >= 4 is 27.1 Å². The zero-order valence-corrected chi connectivity index (χ0v) is 8.81. The number of carbonyl (C=O) groups is 1. The first-order valence-electron chi connectivity index (χ1n) is 4.28. The molecule has 3 N–H and O–H groups in total. The Morgan fingerprint density at radius 3 is 2.50 bits per heavy atom. The van der Waals surface area contributed by atoms with E-state index in [2.05, 4.69) is 0 Å². The molecule has 0 aliphatic rings. The van der Waals surface area contributed by atoms with Gasteiger partial charge >= 0.3 is 16.2 Å². The van der Waals surface area contributed by atoms with Crippen molar-refractivity contribution in [1.82, 2.24) is 3.97 Å². The van der Waals surface area contributed by atoms with Gasteiger partial charge in [-0.25, -0.2) is 13.9 Å². The number of fused-ring (bicyclic) bond motifs is 1. The maximum atomic E-state index is 11.3. The van der Waals surface area contributed by atoms with Crippen LogP contribution in [0.1, 0.15) is 10.5 Å². The van der Waals surface area contributed by atoms with Gasteiger partial charge in [-0.1, -0.05) is 18.2 Å². The zero-order valence-electron chi connectivity index (χ0n) is 7.99. The fraction of sp³-hybridized carbons (Fsp3) is 0. The van der Waals surface area contributed by atoms with Crippen molar-refractivity contribution in [3.8, 4) is 0 Å². The highest BCUT2D eigenvalue weighted by atomic mass is 32.2. The van der Waals surface area contributed by atoms with Crippen molar-refractivity contribution in [3.63, 3.8) is 0 Å². The molecule has 6 nitrogen and oxygen atoms in total. The Kier molecular flexibility index (Phi) is 2.21. The monoisotopic (exact) mass is 240 g/mol. The van der Waals surface area contributed by atoms with Crippen LogP contribution in [-0.4, -0.2) is 23.5 Å². The van der Waals surface area contributed by atoms with E-state index in [1.807, 2.05) is 0 Å². The van der Waals surface area contributed by atoms with E-state index in [4.69, 9.17) is 10.2 Å². The lowest BCUT2D eigenvalue weighted by Gasteiger charge is -2.03. The molecule has 84 valence electrons. The summed E-state index contributed by atoms with van der Waals surface area (Å²) in [6.07, 6.45) is 0. The Bertz CT molecular complexity index is 672. The first-order chi connectivity index (χ1) is 7.41. The summed E-state index contributed by atoms with van der Waals surface area (Å²) in [7, 11) is -4.13. The maximum absolute atomic E-state index is 11.3. The molecule has 0 saturated heterocycles. The molecule has 1 heterocycles. The molecule has 1 aromatic carbocycles. The van der Waals surface area contributed by atoms with Gasteiger partial charge in [0.2, 0.25) is 0 Å². The molecular weight excluding hydrogens is 232 g/mol. The third-order valence-corrected chi connectivity index (χ3v) is 3.04. The van der Waals surface area contributed by atoms with Gasteiger partial charge < -0.3 is 5.11 Å². The highest BCUT2D eigenvalue weighted by molar-refractivity contribution is 7.87. The van der Waals surface area contributed by atoms with Gasteiger partial charge in [0.15, 0.2) is 0 Å². The van der Waals surface area contributed by atoms with E-state index in [0.29, 0.717) is 9.36 Å². The second-order valence-electron chi connectivity index (χ2n) is 3.20. The Balaban J connectivity index is 2.97. The van der Waals surface area contributed by atoms with Crippen LogP contribution < -0.4 is 5.14 Å². The second-order valence-corrected chi connectivity index (χ2v) is 4.60. The van der Waals surface area contributed by atoms with Gasteiger partial charge in [-0.15, -0.1) is 0 Å². The number of aromatic nitrogens is 1. The van der Waals surface area contributed by atoms with Crippen LogP contribution in [0.3, 0.4) is 0 Å². The molecule has 0 aliphatic heterocycles. The third-order valence-electron chi connectivity index (χ3n) is 2.14. The van der Waals surface area contributed by atoms with E-state index in [-0.39, 0.29) is 11.2 Å². The molecule has 0 saturated carbocycles. The number of aromatic carboxylic acids is 1. The summed E-state index contributed by atoms with van der Waals surface area (Å²) < 4.78 is 23.2. The minimum absolute atomic E-state index is 0.252. The average Bonchev–Trinajstić information content (AvgIpc) is 2.55. The fourth-order valence-corrected chi connectivity index (χ4v) is 2.40. The molecular formula is C9H8N2O4S. The lowest BCUT2D eigenvalue weighted by Crippen LogP contribution is -2.25. The third kappa shape index (κ3) is 1.55. The van der Waals surface area contributed by atoms with E-state index >= 15 is 0 Å². The van der Waals surface area contributed by atoms with Crippen LogP contribution >= 0.6 is 0 Å². The van der Waals surface area contributed by atoms with Crippen molar-refractivity contribution in [2.75, 3.05) is 0 Å². The highest BCUT2D eigenvalue weighted by Gasteiger charge is 2.20. The summed E-state index contributed by atoms with van der Waals surface area (Å²) in [5, 5.41) is 14.4. The zero-order chi connectivity index (χ0) is 11.9. The SMILES string of the molecule is NS(=O)(=O)n1c(C(=O)O)cc2ccccc21. The van der Waals surface area contributed by atoms with E-state index in [0.717, 1.165) is 0 Å². The molecule has 7 heteroatoms. The smallest absolute Gasteiger partial charge is 0.353 e. The number of benzene rings is 1. The van der Waals surface area contributed by atoms with E-state index in [9.17, 15) is 13.2 Å². The summed E-state index contributed by atoms with van der Waals surface area (Å²) in [6.45, 7) is 0. The van der Waals surface area contributed by atoms with Crippen molar-refractivity contribution in [2.45, 2.75) is 0 Å². The molecule has 0 fully saturated rings. The minimum Gasteiger partial charge on any atom is -0.477 e. The van der Waals surface area contributed by atoms with Gasteiger partial charge in [0.05, 0.1) is 5.52 Å². The second kappa shape index (κ2) is 3.32. The van der Waals surface area contributed by atoms with Gasteiger partial charge in [-0.3, -0.25) is 0 Å². The molecule has 0 atom stereocenters. The summed E-state index contributed by atoms with van der Waals surface area (Å²) in [5.74, 6) is -1.34. The number of rotatable bonds is 2. The van der Waals surface area contributed by atoms with Crippen molar-refractivity contribution < 1.29 is 18.3 Å². The average molecular weight is 240 g/mol. The Hall–Kier alpha value is -1.86. The minimum atomic E-state index is -4.13. The van der Waals surface area contributed by atoms with E-state index in [1.165, 1.54) is 12.1 Å². The molecule has 16 heavy (non-hydrogen) atoms. The molecule has 2 aromatic rings. The number of carboxylic acids is 1. The standard InChI is InChI=1S/C9H8N2O4S/c10-16(14,15)11-7-4-2-1-3-6(7)5-8(11)9(12)13/h1-5H,(H,12,13)(H2,10,14,15). The Labute approximate surface area is 91.1 Å². The van der Waals surface area contributed by atoms with Gasteiger partial charge in [0, 0.05) is 5.39 Å². The van der Waals surface area contributed by atoms with Crippen LogP contribution in [0.4, 0.5) is 0 Å². The molecule has 0 radical (unpaired) electrons. The Morgan fingerprint density at radius 1 is 1.31 bits per heavy atom. The van der Waals surface area contributed by atoms with Crippen LogP contribution in [-0.2, 0) is 10.2 Å². The first kappa shape index (κ1) is 10.7. The van der Waals surface area contributed by atoms with Crippen molar-refractivity contribution in [1.29, 1.82) is 0 Å². The molecule has 2 rings (SSSR count). The topological polar surface area (TPSA) is 102 Å². The molecule has 0 bridgehead atoms. The van der Waals surface area contributed by atoms with E-state index in [1.54, 1.807) is 18.2 Å². The van der Waals surface area contributed by atoms with Gasteiger partial charge in [-0.2, -0.15) is 8.42 Å². The van der Waals surface area contributed by atoms with Crippen LogP contribution in [0.15, 0.2) is 30.3 Å². The summed E-state index contributed by atoms with van der Waals surface area (Å²) in [5.41, 5.74) is -0.119. The van der Waals surface area contributed by atoms with Gasteiger partial charge in [-0.05, 0) is 12.1 Å². The molecule has 0 spiro atoms. The highest BCUT2D eigenvalue weighted by Crippen LogP contribution is 2.20. The lowest BCUT2D eigenvalue weighted by atomic mass is 10.2. The summed E-state index contributed by atoms with van der Waals surface area (Å²) in [6, 6.07) is 7.66. The largest absolute Gasteiger partial charge is 0.477 e. The van der Waals surface area contributed by atoms with Crippen LogP contribution in [0, 0.1) is 0 Å². The predicted molar refractivity (Wildman–Crippen MR) is 57.4 cm³/mol. The Morgan fingerprint density at radius 2 is 1.94 bits per heavy atom. The lowest BCUT2D eigenvalue weighted by molar-refractivity contribution is 0.0689. The van der Waals surface area contributed by atoms with Crippen molar-refractivity contribution in [3.05, 3.63) is 36.0 Å². The maximum Gasteiger partial charge on any atom is 0.353 e. The number of nitrogens with zero attached hydrogens (tertiary/aromatic N) is 1. The summed E-state index contributed by atoms with van der Waals surface area (Å²) >= 11 is 0. The predicted octanol–water partition coefficient (Wildman–Crippen LogP) is 0.391. The number of para-hydroxylation sites is 1. The fourth-order valence-electron chi connectivity index (χ4n) is 1.55. The molecule has 0 unspecified atom stereocenters. The normalized spacial score (nSPS) is 11.8. The molecule has 0 amide bonds.